The van der Waals surface area contributed by atoms with Gasteiger partial charge in [0, 0.05) is 40.1 Å². The van der Waals surface area contributed by atoms with Crippen LogP contribution in [0.1, 0.15) is 24.6 Å². The van der Waals surface area contributed by atoms with Crippen molar-refractivity contribution in [2.75, 3.05) is 18.8 Å². The molecule has 1 aliphatic heterocycles. The van der Waals surface area contributed by atoms with Gasteiger partial charge in [0.15, 0.2) is 0 Å². The van der Waals surface area contributed by atoms with Gasteiger partial charge in [-0.3, -0.25) is 4.90 Å². The van der Waals surface area contributed by atoms with E-state index in [1.165, 1.54) is 30.0 Å². The molecule has 2 heterocycles. The third kappa shape index (κ3) is 3.40. The Bertz CT molecular complexity index is 524. The molecule has 0 radical (unpaired) electrons. The molecule has 1 N–H and O–H groups in total. The van der Waals surface area contributed by atoms with Crippen molar-refractivity contribution in [3.05, 3.63) is 53.3 Å². The van der Waals surface area contributed by atoms with Crippen LogP contribution < -0.4 is 0 Å². The minimum atomic E-state index is 0.579. The van der Waals surface area contributed by atoms with E-state index in [1.807, 2.05) is 30.1 Å². The van der Waals surface area contributed by atoms with Crippen molar-refractivity contribution in [1.29, 1.82) is 0 Å². The summed E-state index contributed by atoms with van der Waals surface area (Å²) in [5.74, 6) is 1.12. The van der Waals surface area contributed by atoms with E-state index in [9.17, 15) is 0 Å². The molecular weight excluding hydrogens is 288 g/mol. The zero-order valence-corrected chi connectivity index (χ0v) is 13.0. The molecule has 2 nitrogen and oxygen atoms in total. The number of aromatic nitrogens is 1. The van der Waals surface area contributed by atoms with Gasteiger partial charge in [-0.15, -0.1) is 11.8 Å². The van der Waals surface area contributed by atoms with E-state index in [0.29, 0.717) is 6.04 Å². The second-order valence-electron chi connectivity index (χ2n) is 5.12. The summed E-state index contributed by atoms with van der Waals surface area (Å²) in [6, 6.07) is 13.0. The number of likely N-dealkylation sites (tertiary alicyclic amines) is 1. The highest BCUT2D eigenvalue weighted by molar-refractivity contribution is 7.99. The number of aromatic amines is 1. The van der Waals surface area contributed by atoms with Crippen molar-refractivity contribution in [3.8, 4) is 0 Å². The molecule has 0 bridgehead atoms. The Morgan fingerprint density at radius 3 is 2.85 bits per heavy atom. The number of benzene rings is 1. The van der Waals surface area contributed by atoms with Gasteiger partial charge < -0.3 is 4.98 Å². The molecule has 1 aliphatic rings. The van der Waals surface area contributed by atoms with Gasteiger partial charge in [0.2, 0.25) is 0 Å². The lowest BCUT2D eigenvalue weighted by atomic mass is 10.1. The number of rotatable bonds is 5. The molecule has 2 aromatic rings. The Kier molecular flexibility index (Phi) is 4.71. The van der Waals surface area contributed by atoms with Gasteiger partial charge in [-0.25, -0.2) is 0 Å². The number of hydrogen-bond donors (Lipinski definition) is 1. The standard InChI is InChI=1S/C16H19ClN2S/c17-13-5-7-14(8-6-13)20-12-11-19-10-2-4-16(19)15-3-1-9-18-15/h1,3,5-9,16,18H,2,4,10-12H2. The predicted octanol–water partition coefficient (Wildman–Crippen LogP) is 4.60. The largest absolute Gasteiger partial charge is 0.364 e. The van der Waals surface area contributed by atoms with Gasteiger partial charge in [-0.05, 0) is 55.8 Å². The predicted molar refractivity (Wildman–Crippen MR) is 86.5 cm³/mol. The topological polar surface area (TPSA) is 19.0 Å². The molecule has 106 valence electrons. The van der Waals surface area contributed by atoms with Gasteiger partial charge in [0.1, 0.15) is 0 Å². The monoisotopic (exact) mass is 306 g/mol. The van der Waals surface area contributed by atoms with Crippen LogP contribution in [-0.2, 0) is 0 Å². The lowest BCUT2D eigenvalue weighted by Crippen LogP contribution is -2.25. The van der Waals surface area contributed by atoms with Crippen molar-refractivity contribution >= 4 is 23.4 Å². The third-order valence-electron chi connectivity index (χ3n) is 3.81. The van der Waals surface area contributed by atoms with Gasteiger partial charge in [-0.2, -0.15) is 0 Å². The second kappa shape index (κ2) is 6.70. The minimum absolute atomic E-state index is 0.579. The fraction of sp³-hybridized carbons (Fsp3) is 0.375. The first kappa shape index (κ1) is 14.1. The molecule has 0 aliphatic carbocycles. The number of thioether (sulfide) groups is 1. The summed E-state index contributed by atoms with van der Waals surface area (Å²) in [6.07, 6.45) is 4.59. The first-order valence-electron chi connectivity index (χ1n) is 7.08. The van der Waals surface area contributed by atoms with Crippen LogP contribution in [0, 0.1) is 0 Å². The summed E-state index contributed by atoms with van der Waals surface area (Å²) >= 11 is 7.81. The van der Waals surface area contributed by atoms with Crippen molar-refractivity contribution < 1.29 is 0 Å². The summed E-state index contributed by atoms with van der Waals surface area (Å²) in [5.41, 5.74) is 1.36. The molecule has 1 aromatic heterocycles. The summed E-state index contributed by atoms with van der Waals surface area (Å²) in [5, 5.41) is 0.806. The molecular formula is C16H19ClN2S. The van der Waals surface area contributed by atoms with Crippen LogP contribution in [0.3, 0.4) is 0 Å². The molecule has 0 saturated carbocycles. The SMILES string of the molecule is Clc1ccc(SCCN2CCCC2c2ccc[nH]2)cc1. The van der Waals surface area contributed by atoms with Gasteiger partial charge in [0.25, 0.3) is 0 Å². The first-order valence-corrected chi connectivity index (χ1v) is 8.45. The van der Waals surface area contributed by atoms with Crippen LogP contribution >= 0.6 is 23.4 Å². The highest BCUT2D eigenvalue weighted by Gasteiger charge is 2.25. The lowest BCUT2D eigenvalue weighted by Gasteiger charge is -2.23. The van der Waals surface area contributed by atoms with Crippen LogP contribution in [0.4, 0.5) is 0 Å². The zero-order valence-electron chi connectivity index (χ0n) is 11.4. The Labute approximate surface area is 129 Å². The molecule has 1 aromatic carbocycles. The molecule has 1 unspecified atom stereocenters. The molecule has 0 spiro atoms. The van der Waals surface area contributed by atoms with Gasteiger partial charge >= 0.3 is 0 Å². The van der Waals surface area contributed by atoms with Crippen molar-refractivity contribution in [2.24, 2.45) is 0 Å². The molecule has 1 fully saturated rings. The van der Waals surface area contributed by atoms with E-state index in [0.717, 1.165) is 17.3 Å². The van der Waals surface area contributed by atoms with E-state index in [-0.39, 0.29) is 0 Å². The fourth-order valence-corrected chi connectivity index (χ4v) is 3.83. The summed E-state index contributed by atoms with van der Waals surface area (Å²) < 4.78 is 0. The van der Waals surface area contributed by atoms with Gasteiger partial charge in [-0.1, -0.05) is 11.6 Å². The normalized spacial score (nSPS) is 19.6. The van der Waals surface area contributed by atoms with E-state index in [2.05, 4.69) is 34.1 Å². The number of halogens is 1. The third-order valence-corrected chi connectivity index (χ3v) is 5.05. The molecule has 1 atom stereocenters. The molecule has 0 amide bonds. The van der Waals surface area contributed by atoms with Crippen LogP contribution in [0.15, 0.2) is 47.5 Å². The van der Waals surface area contributed by atoms with E-state index in [4.69, 9.17) is 11.6 Å². The van der Waals surface area contributed by atoms with Crippen molar-refractivity contribution in [3.63, 3.8) is 0 Å². The number of H-pyrrole nitrogens is 1. The Morgan fingerprint density at radius 1 is 1.25 bits per heavy atom. The summed E-state index contributed by atoms with van der Waals surface area (Å²) in [6.45, 7) is 2.35. The Hall–Kier alpha value is -0.900. The highest BCUT2D eigenvalue weighted by atomic mass is 35.5. The smallest absolute Gasteiger partial charge is 0.0499 e. The molecule has 20 heavy (non-hydrogen) atoms. The average molecular weight is 307 g/mol. The van der Waals surface area contributed by atoms with Crippen molar-refractivity contribution in [2.45, 2.75) is 23.8 Å². The van der Waals surface area contributed by atoms with Crippen LogP contribution in [0.2, 0.25) is 5.02 Å². The number of hydrogen-bond acceptors (Lipinski definition) is 2. The average Bonchev–Trinajstić information content (AvgIpc) is 3.11. The minimum Gasteiger partial charge on any atom is -0.364 e. The Balaban J connectivity index is 1.51. The fourth-order valence-electron chi connectivity index (χ4n) is 2.81. The summed E-state index contributed by atoms with van der Waals surface area (Å²) in [7, 11) is 0. The quantitative estimate of drug-likeness (QED) is 0.814. The highest BCUT2D eigenvalue weighted by Crippen LogP contribution is 2.31. The molecule has 1 saturated heterocycles. The molecule has 4 heteroatoms. The number of nitrogens with zero attached hydrogens (tertiary/aromatic N) is 1. The van der Waals surface area contributed by atoms with E-state index < -0.39 is 0 Å². The maximum absolute atomic E-state index is 5.90. The zero-order chi connectivity index (χ0) is 13.8. The Morgan fingerprint density at radius 2 is 2.10 bits per heavy atom. The van der Waals surface area contributed by atoms with Crippen LogP contribution in [0.25, 0.3) is 0 Å². The van der Waals surface area contributed by atoms with Crippen molar-refractivity contribution in [1.82, 2.24) is 9.88 Å². The number of nitrogens with one attached hydrogen (secondary N) is 1. The van der Waals surface area contributed by atoms with E-state index >= 15 is 0 Å². The van der Waals surface area contributed by atoms with Gasteiger partial charge in [0.05, 0.1) is 0 Å². The lowest BCUT2D eigenvalue weighted by molar-refractivity contribution is 0.270. The maximum Gasteiger partial charge on any atom is 0.0499 e. The summed E-state index contributed by atoms with van der Waals surface area (Å²) in [4.78, 5) is 7.25. The van der Waals surface area contributed by atoms with Crippen LogP contribution in [0.5, 0.6) is 0 Å². The molecule has 3 rings (SSSR count). The van der Waals surface area contributed by atoms with Crippen LogP contribution in [-0.4, -0.2) is 28.7 Å². The first-order chi connectivity index (χ1) is 9.83. The maximum atomic E-state index is 5.90. The van der Waals surface area contributed by atoms with E-state index in [1.54, 1.807) is 0 Å². The second-order valence-corrected chi connectivity index (χ2v) is 6.73.